The van der Waals surface area contributed by atoms with Crippen LogP contribution in [-0.2, 0) is 23.1 Å². The molecular formula is C23H26N4O5S. The molecule has 0 bridgehead atoms. The number of rotatable bonds is 7. The lowest BCUT2D eigenvalue weighted by Gasteiger charge is -2.12. The second-order valence-electron chi connectivity index (χ2n) is 8.01. The zero-order valence-electron chi connectivity index (χ0n) is 19.0. The van der Waals surface area contributed by atoms with Crippen LogP contribution in [0.15, 0.2) is 47.4 Å². The molecule has 2 aromatic carbocycles. The summed E-state index contributed by atoms with van der Waals surface area (Å²) >= 11 is 0. The average Bonchev–Trinajstić information content (AvgIpc) is 3.35. The summed E-state index contributed by atoms with van der Waals surface area (Å²) in [6, 6.07) is 12.7. The predicted octanol–water partition coefficient (Wildman–Crippen LogP) is 2.46. The highest BCUT2D eigenvalue weighted by atomic mass is 32.2. The first-order chi connectivity index (χ1) is 15.7. The van der Waals surface area contributed by atoms with Gasteiger partial charge < -0.3 is 14.8 Å². The number of nitrogens with zero attached hydrogens (tertiary/aromatic N) is 3. The fourth-order valence-corrected chi connectivity index (χ4v) is 4.92. The maximum Gasteiger partial charge on any atom is 0.251 e. The van der Waals surface area contributed by atoms with E-state index in [1.54, 1.807) is 30.7 Å². The van der Waals surface area contributed by atoms with Gasteiger partial charge in [0.15, 0.2) is 11.5 Å². The smallest absolute Gasteiger partial charge is 0.251 e. The molecule has 0 aliphatic carbocycles. The van der Waals surface area contributed by atoms with E-state index in [0.717, 1.165) is 11.1 Å². The van der Waals surface area contributed by atoms with Crippen molar-refractivity contribution >= 4 is 15.9 Å². The maximum absolute atomic E-state index is 12.6. The molecule has 1 N–H and O–H groups in total. The summed E-state index contributed by atoms with van der Waals surface area (Å²) in [4.78, 5) is 12.8. The molecule has 1 aliphatic heterocycles. The molecule has 1 aromatic heterocycles. The minimum absolute atomic E-state index is 0.190. The van der Waals surface area contributed by atoms with Gasteiger partial charge in [0.05, 0.1) is 17.9 Å². The Balaban J connectivity index is 1.42. The average molecular weight is 471 g/mol. The number of aryl methyl sites for hydroxylation is 1. The van der Waals surface area contributed by atoms with E-state index in [0.29, 0.717) is 41.5 Å². The van der Waals surface area contributed by atoms with Gasteiger partial charge in [0.2, 0.25) is 16.8 Å². The van der Waals surface area contributed by atoms with Crippen molar-refractivity contribution in [3.8, 4) is 11.5 Å². The standard InChI is InChI=1S/C23H26N4O5S/c1-15-22(33(29,30)26(3)4)16(2)27(25-15)13-17-5-8-19(9-6-17)23(28)24-12-18-7-10-20-21(11-18)32-14-31-20/h5-11H,12-14H2,1-4H3,(H,24,28). The Morgan fingerprint density at radius 2 is 1.73 bits per heavy atom. The van der Waals surface area contributed by atoms with Crippen LogP contribution in [0.25, 0.3) is 0 Å². The summed E-state index contributed by atoms with van der Waals surface area (Å²) in [5.41, 5.74) is 3.38. The Morgan fingerprint density at radius 1 is 1.06 bits per heavy atom. The van der Waals surface area contributed by atoms with Gasteiger partial charge in [-0.15, -0.1) is 0 Å². The van der Waals surface area contributed by atoms with Gasteiger partial charge in [-0.3, -0.25) is 9.48 Å². The third kappa shape index (κ3) is 4.57. The first kappa shape index (κ1) is 22.8. The minimum Gasteiger partial charge on any atom is -0.454 e. The minimum atomic E-state index is -3.58. The van der Waals surface area contributed by atoms with Crippen LogP contribution in [0.3, 0.4) is 0 Å². The number of amides is 1. The fraction of sp³-hybridized carbons (Fsp3) is 0.304. The van der Waals surface area contributed by atoms with Crippen molar-refractivity contribution in [3.63, 3.8) is 0 Å². The third-order valence-electron chi connectivity index (χ3n) is 5.49. The number of nitrogens with one attached hydrogen (secondary N) is 1. The van der Waals surface area contributed by atoms with Crippen LogP contribution in [0, 0.1) is 13.8 Å². The van der Waals surface area contributed by atoms with Gasteiger partial charge in [0.1, 0.15) is 4.90 Å². The third-order valence-corrected chi connectivity index (χ3v) is 7.56. The summed E-state index contributed by atoms with van der Waals surface area (Å²) in [5.74, 6) is 1.19. The number of carbonyl (C=O) groups excluding carboxylic acids is 1. The van der Waals surface area contributed by atoms with Gasteiger partial charge in [-0.2, -0.15) is 5.10 Å². The molecule has 0 radical (unpaired) electrons. The van der Waals surface area contributed by atoms with Crippen molar-refractivity contribution in [2.24, 2.45) is 0 Å². The summed E-state index contributed by atoms with van der Waals surface area (Å²) in [6.07, 6.45) is 0. The summed E-state index contributed by atoms with van der Waals surface area (Å²) in [6.45, 7) is 4.41. The molecule has 0 saturated carbocycles. The molecule has 0 spiro atoms. The first-order valence-corrected chi connectivity index (χ1v) is 11.8. The number of fused-ring (bicyclic) bond motifs is 1. The zero-order valence-corrected chi connectivity index (χ0v) is 19.8. The van der Waals surface area contributed by atoms with E-state index in [1.807, 2.05) is 30.3 Å². The van der Waals surface area contributed by atoms with Crippen LogP contribution >= 0.6 is 0 Å². The number of benzene rings is 2. The highest BCUT2D eigenvalue weighted by Gasteiger charge is 2.26. The molecule has 9 nitrogen and oxygen atoms in total. The van der Waals surface area contributed by atoms with Crippen LogP contribution in [0.1, 0.15) is 32.9 Å². The van der Waals surface area contributed by atoms with E-state index >= 15 is 0 Å². The molecule has 2 heterocycles. The van der Waals surface area contributed by atoms with Gasteiger partial charge in [-0.1, -0.05) is 18.2 Å². The predicted molar refractivity (Wildman–Crippen MR) is 122 cm³/mol. The Labute approximate surface area is 193 Å². The normalized spacial score (nSPS) is 12.9. The molecule has 0 fully saturated rings. The zero-order chi connectivity index (χ0) is 23.8. The molecular weight excluding hydrogens is 444 g/mol. The molecule has 0 saturated heterocycles. The molecule has 0 atom stereocenters. The molecule has 0 unspecified atom stereocenters. The topological polar surface area (TPSA) is 103 Å². The Bertz CT molecular complexity index is 1300. The number of hydrogen-bond donors (Lipinski definition) is 1. The number of ether oxygens (including phenoxy) is 2. The first-order valence-electron chi connectivity index (χ1n) is 10.4. The van der Waals surface area contributed by atoms with E-state index in [2.05, 4.69) is 10.4 Å². The second kappa shape index (κ2) is 8.87. The number of aromatic nitrogens is 2. The monoisotopic (exact) mass is 470 g/mol. The lowest BCUT2D eigenvalue weighted by molar-refractivity contribution is 0.0951. The van der Waals surface area contributed by atoms with Crippen molar-refractivity contribution < 1.29 is 22.7 Å². The van der Waals surface area contributed by atoms with Crippen LogP contribution in [-0.4, -0.2) is 49.3 Å². The Hall–Kier alpha value is -3.37. The molecule has 4 rings (SSSR count). The van der Waals surface area contributed by atoms with Crippen molar-refractivity contribution in [2.75, 3.05) is 20.9 Å². The van der Waals surface area contributed by atoms with Crippen LogP contribution in [0.5, 0.6) is 11.5 Å². The number of hydrogen-bond acceptors (Lipinski definition) is 6. The number of sulfonamides is 1. The Morgan fingerprint density at radius 3 is 2.42 bits per heavy atom. The largest absolute Gasteiger partial charge is 0.454 e. The van der Waals surface area contributed by atoms with Crippen molar-refractivity contribution in [1.82, 2.24) is 19.4 Å². The van der Waals surface area contributed by atoms with Gasteiger partial charge in [-0.25, -0.2) is 12.7 Å². The quantitative estimate of drug-likeness (QED) is 0.569. The van der Waals surface area contributed by atoms with E-state index in [4.69, 9.17) is 9.47 Å². The van der Waals surface area contributed by atoms with Gasteiger partial charge in [0.25, 0.3) is 5.91 Å². The second-order valence-corrected chi connectivity index (χ2v) is 10.1. The van der Waals surface area contributed by atoms with Gasteiger partial charge >= 0.3 is 0 Å². The summed E-state index contributed by atoms with van der Waals surface area (Å²) < 4.78 is 38.7. The molecule has 1 aliphatic rings. The SMILES string of the molecule is Cc1nn(Cc2ccc(C(=O)NCc3ccc4c(c3)OCO4)cc2)c(C)c1S(=O)(=O)N(C)C. The lowest BCUT2D eigenvalue weighted by atomic mass is 10.1. The molecule has 10 heteroatoms. The van der Waals surface area contributed by atoms with Gasteiger partial charge in [0, 0.05) is 26.2 Å². The van der Waals surface area contributed by atoms with Crippen LogP contribution in [0.2, 0.25) is 0 Å². The van der Waals surface area contributed by atoms with Crippen molar-refractivity contribution in [2.45, 2.75) is 31.8 Å². The molecule has 1 amide bonds. The molecule has 33 heavy (non-hydrogen) atoms. The molecule has 174 valence electrons. The van der Waals surface area contributed by atoms with E-state index in [9.17, 15) is 13.2 Å². The summed E-state index contributed by atoms with van der Waals surface area (Å²) in [7, 11) is -0.574. The van der Waals surface area contributed by atoms with E-state index < -0.39 is 10.0 Å². The van der Waals surface area contributed by atoms with Gasteiger partial charge in [-0.05, 0) is 49.2 Å². The Kier molecular flexibility index (Phi) is 6.13. The van der Waals surface area contributed by atoms with Crippen molar-refractivity contribution in [3.05, 3.63) is 70.5 Å². The van der Waals surface area contributed by atoms with E-state index in [-0.39, 0.29) is 17.6 Å². The van der Waals surface area contributed by atoms with E-state index in [1.165, 1.54) is 18.4 Å². The highest BCUT2D eigenvalue weighted by Crippen LogP contribution is 2.32. The summed E-state index contributed by atoms with van der Waals surface area (Å²) in [5, 5.41) is 7.31. The van der Waals surface area contributed by atoms with Crippen molar-refractivity contribution in [1.29, 1.82) is 0 Å². The van der Waals surface area contributed by atoms with Crippen LogP contribution in [0.4, 0.5) is 0 Å². The lowest BCUT2D eigenvalue weighted by Crippen LogP contribution is -2.23. The number of carbonyl (C=O) groups is 1. The highest BCUT2D eigenvalue weighted by molar-refractivity contribution is 7.89. The fourth-order valence-electron chi connectivity index (χ4n) is 3.66. The maximum atomic E-state index is 12.6. The molecule has 3 aromatic rings. The van der Waals surface area contributed by atoms with Crippen LogP contribution < -0.4 is 14.8 Å².